The molecule has 28 heavy (non-hydrogen) atoms. The lowest BCUT2D eigenvalue weighted by Gasteiger charge is -2.60. The van der Waals surface area contributed by atoms with Crippen LogP contribution < -0.4 is 0 Å². The number of carbonyl (C=O) groups is 2. The van der Waals surface area contributed by atoms with Crippen molar-refractivity contribution in [2.75, 3.05) is 5.75 Å². The zero-order valence-corrected chi connectivity index (χ0v) is 17.2. The molecular weight excluding hydrogens is 397 g/mol. The summed E-state index contributed by atoms with van der Waals surface area (Å²) in [4.78, 5) is 25.5. The summed E-state index contributed by atoms with van der Waals surface area (Å²) in [6.45, 7) is 5.41. The van der Waals surface area contributed by atoms with Crippen molar-refractivity contribution in [3.05, 3.63) is 0 Å². The second-order valence-electron chi connectivity index (χ2n) is 9.68. The Morgan fingerprint density at radius 2 is 1.61 bits per heavy atom. The molecule has 160 valence electrons. The molecule has 0 aromatic heterocycles. The van der Waals surface area contributed by atoms with Crippen molar-refractivity contribution in [3.63, 3.8) is 0 Å². The van der Waals surface area contributed by atoms with E-state index < -0.39 is 43.3 Å². The first-order valence-corrected chi connectivity index (χ1v) is 11.3. The summed E-state index contributed by atoms with van der Waals surface area (Å²) in [5, 5.41) is 0. The topological polar surface area (TPSA) is 77.5 Å². The minimum absolute atomic E-state index is 0.0660. The molecule has 0 spiro atoms. The van der Waals surface area contributed by atoms with Crippen molar-refractivity contribution < 1.29 is 35.9 Å². The van der Waals surface area contributed by atoms with Gasteiger partial charge in [0.25, 0.3) is 9.84 Å². The third-order valence-corrected chi connectivity index (χ3v) is 8.37. The van der Waals surface area contributed by atoms with Gasteiger partial charge in [0.15, 0.2) is 5.78 Å². The summed E-state index contributed by atoms with van der Waals surface area (Å²) in [5.41, 5.74) is -8.15. The molecule has 0 saturated heterocycles. The van der Waals surface area contributed by atoms with Crippen LogP contribution in [0.25, 0.3) is 0 Å². The van der Waals surface area contributed by atoms with Crippen molar-refractivity contribution in [1.29, 1.82) is 0 Å². The van der Waals surface area contributed by atoms with Crippen LogP contribution in [0.15, 0.2) is 0 Å². The molecule has 0 heterocycles. The Bertz CT molecular complexity index is 770. The predicted octanol–water partition coefficient (Wildman–Crippen LogP) is 3.81. The second kappa shape index (κ2) is 6.44. The largest absolute Gasteiger partial charge is 0.497 e. The number of alkyl halides is 3. The number of sulfone groups is 1. The minimum atomic E-state index is -5.52. The Balaban J connectivity index is 1.86. The van der Waals surface area contributed by atoms with Gasteiger partial charge in [-0.05, 0) is 70.6 Å². The number of esters is 1. The van der Waals surface area contributed by atoms with E-state index in [9.17, 15) is 31.2 Å². The van der Waals surface area contributed by atoms with Gasteiger partial charge in [0.05, 0.1) is 5.41 Å². The minimum Gasteiger partial charge on any atom is -0.459 e. The van der Waals surface area contributed by atoms with Crippen molar-refractivity contribution in [2.45, 2.75) is 76.8 Å². The highest BCUT2D eigenvalue weighted by molar-refractivity contribution is 7.92. The molecule has 0 amide bonds. The second-order valence-corrected chi connectivity index (χ2v) is 11.7. The van der Waals surface area contributed by atoms with Crippen LogP contribution in [0.2, 0.25) is 0 Å². The fourth-order valence-corrected chi connectivity index (χ4v) is 6.33. The van der Waals surface area contributed by atoms with E-state index in [-0.39, 0.29) is 24.2 Å². The van der Waals surface area contributed by atoms with Gasteiger partial charge in [-0.3, -0.25) is 9.59 Å². The number of ether oxygens (including phenoxy) is 1. The normalized spacial score (nSPS) is 35.1. The maximum absolute atomic E-state index is 12.8. The van der Waals surface area contributed by atoms with E-state index in [1.807, 2.05) is 6.92 Å². The fourth-order valence-electron chi connectivity index (χ4n) is 5.51. The first kappa shape index (κ1) is 21.6. The highest BCUT2D eigenvalue weighted by atomic mass is 32.2. The van der Waals surface area contributed by atoms with Crippen LogP contribution in [0.1, 0.15) is 65.7 Å². The molecule has 0 aliphatic heterocycles. The fraction of sp³-hybridized carbons (Fsp3) is 0.895. The Hall–Kier alpha value is -1.12. The van der Waals surface area contributed by atoms with E-state index >= 15 is 0 Å². The van der Waals surface area contributed by atoms with Crippen LogP contribution in [0.3, 0.4) is 0 Å². The zero-order valence-electron chi connectivity index (χ0n) is 16.4. The van der Waals surface area contributed by atoms with Crippen molar-refractivity contribution in [3.8, 4) is 0 Å². The van der Waals surface area contributed by atoms with E-state index in [4.69, 9.17) is 4.74 Å². The number of Topliss-reactive ketones (excluding diaryl/α,β-unsaturated/α-hetero) is 1. The van der Waals surface area contributed by atoms with Crippen LogP contribution in [0, 0.1) is 22.7 Å². The summed E-state index contributed by atoms with van der Waals surface area (Å²) < 4.78 is 67.3. The van der Waals surface area contributed by atoms with E-state index in [2.05, 4.69) is 0 Å². The number of ketones is 1. The van der Waals surface area contributed by atoms with E-state index in [1.54, 1.807) is 13.8 Å². The molecule has 4 bridgehead atoms. The van der Waals surface area contributed by atoms with Crippen LogP contribution in [-0.2, 0) is 24.2 Å². The molecule has 2 unspecified atom stereocenters. The maximum Gasteiger partial charge on any atom is 0.497 e. The first-order chi connectivity index (χ1) is 12.6. The third-order valence-electron chi connectivity index (χ3n) is 7.02. The van der Waals surface area contributed by atoms with E-state index in [1.165, 1.54) is 0 Å². The Kier molecular flexibility index (Phi) is 4.96. The molecule has 5 nitrogen and oxygen atoms in total. The smallest absolute Gasteiger partial charge is 0.459 e. The van der Waals surface area contributed by atoms with Crippen LogP contribution in [-0.4, -0.2) is 37.0 Å². The lowest BCUT2D eigenvalue weighted by atomic mass is 9.47. The van der Waals surface area contributed by atoms with Crippen LogP contribution in [0.5, 0.6) is 0 Å². The molecule has 0 aromatic rings. The van der Waals surface area contributed by atoms with Gasteiger partial charge in [-0.2, -0.15) is 13.2 Å². The van der Waals surface area contributed by atoms with E-state index in [0.717, 1.165) is 6.42 Å². The van der Waals surface area contributed by atoms with Crippen LogP contribution in [0.4, 0.5) is 13.2 Å². The number of halogens is 3. The summed E-state index contributed by atoms with van der Waals surface area (Å²) in [6.07, 6.45) is 3.50. The van der Waals surface area contributed by atoms with Gasteiger partial charge in [0.2, 0.25) is 0 Å². The van der Waals surface area contributed by atoms with Crippen LogP contribution >= 0.6 is 0 Å². The van der Waals surface area contributed by atoms with Gasteiger partial charge < -0.3 is 4.74 Å². The molecule has 0 N–H and O–H groups in total. The van der Waals surface area contributed by atoms with Gasteiger partial charge in [-0.25, -0.2) is 8.42 Å². The number of hydrogen-bond donors (Lipinski definition) is 0. The molecule has 9 heteroatoms. The molecule has 0 radical (unpaired) electrons. The zero-order chi connectivity index (χ0) is 21.2. The Labute approximate surface area is 163 Å². The van der Waals surface area contributed by atoms with Crippen molar-refractivity contribution in [1.82, 2.24) is 0 Å². The van der Waals surface area contributed by atoms with Gasteiger partial charge in [0, 0.05) is 5.41 Å². The summed E-state index contributed by atoms with van der Waals surface area (Å²) in [5.74, 6) is -2.65. The third kappa shape index (κ3) is 3.59. The molecular formula is C19H27F3O5S. The monoisotopic (exact) mass is 424 g/mol. The maximum atomic E-state index is 12.8. The highest BCUT2D eigenvalue weighted by Crippen LogP contribution is 2.63. The molecule has 0 aromatic carbocycles. The number of rotatable bonds is 6. The highest BCUT2D eigenvalue weighted by Gasteiger charge is 2.63. The lowest BCUT2D eigenvalue weighted by molar-refractivity contribution is -0.209. The Morgan fingerprint density at radius 1 is 1.07 bits per heavy atom. The van der Waals surface area contributed by atoms with Gasteiger partial charge in [-0.15, -0.1) is 0 Å². The van der Waals surface area contributed by atoms with E-state index in [0.29, 0.717) is 32.1 Å². The van der Waals surface area contributed by atoms with Crippen molar-refractivity contribution in [2.24, 2.45) is 22.7 Å². The number of hydrogen-bond acceptors (Lipinski definition) is 5. The standard InChI is InChI=1S/C19H27F3O5S/c1-4-16(2,3)15(24)27-18-8-12-5-13(9-18)7-17(6-12,11-18)14(23)10-28(25,26)19(20,21)22/h12-13H,4-11H2,1-3H3. The average Bonchev–Trinajstić information content (AvgIpc) is 2.51. The molecule has 2 atom stereocenters. The molecule has 4 rings (SSSR count). The number of carbonyl (C=O) groups excluding carboxylic acids is 2. The van der Waals surface area contributed by atoms with Gasteiger partial charge in [-0.1, -0.05) is 6.92 Å². The summed E-state index contributed by atoms with van der Waals surface area (Å²) in [6, 6.07) is 0. The van der Waals surface area contributed by atoms with Crippen molar-refractivity contribution >= 4 is 21.6 Å². The summed E-state index contributed by atoms with van der Waals surface area (Å²) in [7, 11) is -5.52. The molecule has 4 aliphatic rings. The molecule has 4 aliphatic carbocycles. The lowest BCUT2D eigenvalue weighted by Crippen LogP contribution is -2.61. The Morgan fingerprint density at radius 3 is 2.07 bits per heavy atom. The summed E-state index contributed by atoms with van der Waals surface area (Å²) >= 11 is 0. The first-order valence-electron chi connectivity index (χ1n) is 9.69. The molecule has 4 fully saturated rings. The quantitative estimate of drug-likeness (QED) is 0.606. The average molecular weight is 424 g/mol. The SMILES string of the molecule is CCC(C)(C)C(=O)OC12CC3CC(C1)CC(C(=O)CS(=O)(=O)C(F)(F)F)(C3)C2. The molecule has 4 saturated carbocycles. The predicted molar refractivity (Wildman–Crippen MR) is 94.9 cm³/mol. The van der Waals surface area contributed by atoms with Gasteiger partial charge in [0.1, 0.15) is 11.4 Å². The van der Waals surface area contributed by atoms with Gasteiger partial charge >= 0.3 is 11.5 Å².